The molecular formula is C16H16FNO2. The van der Waals surface area contributed by atoms with Crippen LogP contribution in [0.4, 0.5) is 4.39 Å². The molecule has 2 aromatic carbocycles. The van der Waals surface area contributed by atoms with Crippen molar-refractivity contribution in [3.05, 3.63) is 58.9 Å². The van der Waals surface area contributed by atoms with Crippen molar-refractivity contribution >= 4 is 0 Å². The van der Waals surface area contributed by atoms with Crippen LogP contribution in [0.2, 0.25) is 0 Å². The minimum atomic E-state index is -0.413. The first-order valence-electron chi connectivity index (χ1n) is 6.54. The molecule has 0 fully saturated rings. The van der Waals surface area contributed by atoms with Gasteiger partial charge in [0.05, 0.1) is 19.8 Å². The number of halogens is 1. The summed E-state index contributed by atoms with van der Waals surface area (Å²) in [7, 11) is 1.44. The molecule has 0 aromatic heterocycles. The van der Waals surface area contributed by atoms with Crippen LogP contribution >= 0.6 is 0 Å². The van der Waals surface area contributed by atoms with Gasteiger partial charge in [-0.25, -0.2) is 4.39 Å². The van der Waals surface area contributed by atoms with Gasteiger partial charge in [0, 0.05) is 12.0 Å². The van der Waals surface area contributed by atoms with Crippen molar-refractivity contribution in [1.82, 2.24) is 0 Å². The summed E-state index contributed by atoms with van der Waals surface area (Å²) in [5, 5.41) is 0. The lowest BCUT2D eigenvalue weighted by Crippen LogP contribution is -2.13. The van der Waals surface area contributed by atoms with Crippen molar-refractivity contribution < 1.29 is 13.9 Å². The van der Waals surface area contributed by atoms with Crippen molar-refractivity contribution in [2.24, 2.45) is 5.73 Å². The van der Waals surface area contributed by atoms with Crippen LogP contribution in [0.3, 0.4) is 0 Å². The molecule has 1 atom stereocenters. The molecule has 0 bridgehead atoms. The third kappa shape index (κ3) is 2.12. The zero-order chi connectivity index (χ0) is 14.1. The van der Waals surface area contributed by atoms with Gasteiger partial charge in [-0.05, 0) is 23.3 Å². The lowest BCUT2D eigenvalue weighted by atomic mass is 9.96. The minimum Gasteiger partial charge on any atom is -0.494 e. The fourth-order valence-electron chi connectivity index (χ4n) is 2.54. The normalized spacial score (nSPS) is 14.6. The average Bonchev–Trinajstić information content (AvgIpc) is 2.94. The molecule has 0 saturated heterocycles. The predicted molar refractivity (Wildman–Crippen MR) is 74.6 cm³/mol. The SMILES string of the molecule is COc1ccc(C(N)c2cccc3c2OCC3)cc1F. The number of hydrogen-bond donors (Lipinski definition) is 1. The van der Waals surface area contributed by atoms with Gasteiger partial charge in [-0.3, -0.25) is 0 Å². The van der Waals surface area contributed by atoms with Crippen LogP contribution in [0.25, 0.3) is 0 Å². The maximum Gasteiger partial charge on any atom is 0.165 e. The third-order valence-electron chi connectivity index (χ3n) is 3.61. The number of nitrogens with two attached hydrogens (primary N) is 1. The number of methoxy groups -OCH3 is 1. The summed E-state index contributed by atoms with van der Waals surface area (Å²) in [6, 6.07) is 10.3. The Labute approximate surface area is 117 Å². The standard InChI is InChI=1S/C16H16FNO2/c1-19-14-6-5-11(9-13(14)17)15(18)12-4-2-3-10-7-8-20-16(10)12/h2-6,9,15H,7-8,18H2,1H3. The van der Waals surface area contributed by atoms with E-state index in [-0.39, 0.29) is 5.75 Å². The maximum absolute atomic E-state index is 13.8. The molecule has 4 heteroatoms. The molecule has 20 heavy (non-hydrogen) atoms. The second-order valence-electron chi connectivity index (χ2n) is 4.81. The van der Waals surface area contributed by atoms with Gasteiger partial charge in [0.15, 0.2) is 11.6 Å². The van der Waals surface area contributed by atoms with E-state index >= 15 is 0 Å². The third-order valence-corrected chi connectivity index (χ3v) is 3.61. The van der Waals surface area contributed by atoms with Gasteiger partial charge in [0.2, 0.25) is 0 Å². The second kappa shape index (κ2) is 5.13. The van der Waals surface area contributed by atoms with E-state index in [1.807, 2.05) is 18.2 Å². The first-order chi connectivity index (χ1) is 9.70. The van der Waals surface area contributed by atoms with Crippen molar-refractivity contribution in [2.45, 2.75) is 12.5 Å². The quantitative estimate of drug-likeness (QED) is 0.935. The van der Waals surface area contributed by atoms with Gasteiger partial charge >= 0.3 is 0 Å². The number of fused-ring (bicyclic) bond motifs is 1. The summed E-state index contributed by atoms with van der Waals surface area (Å²) in [5.41, 5.74) is 9.02. The number of benzene rings is 2. The Morgan fingerprint density at radius 2 is 2.15 bits per heavy atom. The number of ether oxygens (including phenoxy) is 2. The van der Waals surface area contributed by atoms with Crippen LogP contribution in [-0.4, -0.2) is 13.7 Å². The monoisotopic (exact) mass is 273 g/mol. The zero-order valence-electron chi connectivity index (χ0n) is 11.2. The summed E-state index contributed by atoms with van der Waals surface area (Å²) in [4.78, 5) is 0. The molecular weight excluding hydrogens is 257 g/mol. The van der Waals surface area contributed by atoms with Crippen molar-refractivity contribution in [3.8, 4) is 11.5 Å². The average molecular weight is 273 g/mol. The van der Waals surface area contributed by atoms with Crippen molar-refractivity contribution in [2.75, 3.05) is 13.7 Å². The van der Waals surface area contributed by atoms with E-state index in [1.165, 1.54) is 13.2 Å². The summed E-state index contributed by atoms with van der Waals surface area (Å²) in [5.74, 6) is 0.653. The van der Waals surface area contributed by atoms with E-state index in [0.717, 1.165) is 23.3 Å². The molecule has 1 heterocycles. The van der Waals surface area contributed by atoms with E-state index in [2.05, 4.69) is 0 Å². The number of hydrogen-bond acceptors (Lipinski definition) is 3. The van der Waals surface area contributed by atoms with Gasteiger partial charge in [-0.2, -0.15) is 0 Å². The van der Waals surface area contributed by atoms with Crippen LogP contribution in [-0.2, 0) is 6.42 Å². The highest BCUT2D eigenvalue weighted by atomic mass is 19.1. The minimum absolute atomic E-state index is 0.218. The molecule has 3 rings (SSSR count). The molecule has 1 aliphatic heterocycles. The molecule has 2 N–H and O–H groups in total. The fraction of sp³-hybridized carbons (Fsp3) is 0.250. The highest BCUT2D eigenvalue weighted by Gasteiger charge is 2.21. The van der Waals surface area contributed by atoms with Crippen molar-refractivity contribution in [1.29, 1.82) is 0 Å². The van der Waals surface area contributed by atoms with Gasteiger partial charge in [0.25, 0.3) is 0 Å². The Hall–Kier alpha value is -2.07. The molecule has 3 nitrogen and oxygen atoms in total. The molecule has 0 radical (unpaired) electrons. The second-order valence-corrected chi connectivity index (χ2v) is 4.81. The fourth-order valence-corrected chi connectivity index (χ4v) is 2.54. The smallest absolute Gasteiger partial charge is 0.165 e. The first kappa shape index (κ1) is 12.9. The molecule has 1 unspecified atom stereocenters. The van der Waals surface area contributed by atoms with E-state index in [9.17, 15) is 4.39 Å². The Bertz CT molecular complexity index is 642. The highest BCUT2D eigenvalue weighted by molar-refractivity contribution is 5.49. The lowest BCUT2D eigenvalue weighted by Gasteiger charge is -2.16. The molecule has 0 amide bonds. The van der Waals surface area contributed by atoms with E-state index in [0.29, 0.717) is 12.2 Å². The number of rotatable bonds is 3. The molecule has 0 spiro atoms. The van der Waals surface area contributed by atoms with Gasteiger partial charge in [0.1, 0.15) is 5.75 Å². The first-order valence-corrected chi connectivity index (χ1v) is 6.54. The molecule has 0 saturated carbocycles. The lowest BCUT2D eigenvalue weighted by molar-refractivity contribution is 0.352. The van der Waals surface area contributed by atoms with E-state index in [4.69, 9.17) is 15.2 Å². The Morgan fingerprint density at radius 1 is 1.30 bits per heavy atom. The molecule has 0 aliphatic carbocycles. The topological polar surface area (TPSA) is 44.5 Å². The zero-order valence-corrected chi connectivity index (χ0v) is 11.2. The Balaban J connectivity index is 1.99. The van der Waals surface area contributed by atoms with Crippen LogP contribution in [0, 0.1) is 5.82 Å². The van der Waals surface area contributed by atoms with Gasteiger partial charge < -0.3 is 15.2 Å². The van der Waals surface area contributed by atoms with E-state index in [1.54, 1.807) is 12.1 Å². The summed E-state index contributed by atoms with van der Waals surface area (Å²) in [6.45, 7) is 0.677. The molecule has 2 aromatic rings. The molecule has 1 aliphatic rings. The van der Waals surface area contributed by atoms with E-state index < -0.39 is 11.9 Å². The summed E-state index contributed by atoms with van der Waals surface area (Å²) >= 11 is 0. The maximum atomic E-state index is 13.8. The van der Waals surface area contributed by atoms with Gasteiger partial charge in [-0.15, -0.1) is 0 Å². The Morgan fingerprint density at radius 3 is 2.90 bits per heavy atom. The van der Waals surface area contributed by atoms with Gasteiger partial charge in [-0.1, -0.05) is 24.3 Å². The Kier molecular flexibility index (Phi) is 3.32. The largest absolute Gasteiger partial charge is 0.494 e. The predicted octanol–water partition coefficient (Wildman–Crippen LogP) is 2.82. The van der Waals surface area contributed by atoms with Crippen LogP contribution in [0.1, 0.15) is 22.7 Å². The van der Waals surface area contributed by atoms with Crippen LogP contribution in [0.5, 0.6) is 11.5 Å². The van der Waals surface area contributed by atoms with Crippen LogP contribution < -0.4 is 15.2 Å². The molecule has 104 valence electrons. The summed E-state index contributed by atoms with van der Waals surface area (Å²) < 4.78 is 24.4. The van der Waals surface area contributed by atoms with Crippen LogP contribution in [0.15, 0.2) is 36.4 Å². The van der Waals surface area contributed by atoms with Crippen molar-refractivity contribution in [3.63, 3.8) is 0 Å². The summed E-state index contributed by atoms with van der Waals surface area (Å²) in [6.07, 6.45) is 0.896. The highest BCUT2D eigenvalue weighted by Crippen LogP contribution is 2.35. The number of para-hydroxylation sites is 1.